The lowest BCUT2D eigenvalue weighted by molar-refractivity contribution is 0.183. The van der Waals surface area contributed by atoms with Crippen LogP contribution in [0.15, 0.2) is 64.8 Å². The molecule has 0 radical (unpaired) electrons. The van der Waals surface area contributed by atoms with Crippen LogP contribution in [0.25, 0.3) is 17.0 Å². The largest absolute Gasteiger partial charge is 0.494 e. The van der Waals surface area contributed by atoms with E-state index in [1.165, 1.54) is 0 Å². The molecule has 3 aromatic rings. The van der Waals surface area contributed by atoms with Gasteiger partial charge in [0.2, 0.25) is 5.82 Å². The average molecular weight is 451 g/mol. The molecule has 8 heteroatoms. The van der Waals surface area contributed by atoms with Crippen LogP contribution in [0.3, 0.4) is 0 Å². The van der Waals surface area contributed by atoms with E-state index in [1.807, 2.05) is 61.2 Å². The van der Waals surface area contributed by atoms with Crippen molar-refractivity contribution in [3.8, 4) is 17.1 Å². The summed E-state index contributed by atoms with van der Waals surface area (Å²) in [5.41, 5.74) is 3.78. The summed E-state index contributed by atoms with van der Waals surface area (Å²) in [4.78, 5) is 6.74. The molecule has 0 bridgehead atoms. The van der Waals surface area contributed by atoms with Gasteiger partial charge in [-0.15, -0.1) is 0 Å². The topological polar surface area (TPSA) is 72.7 Å². The predicted molar refractivity (Wildman–Crippen MR) is 127 cm³/mol. The van der Waals surface area contributed by atoms with Gasteiger partial charge in [0, 0.05) is 24.9 Å². The van der Waals surface area contributed by atoms with Crippen molar-refractivity contribution in [1.29, 1.82) is 0 Å². The van der Waals surface area contributed by atoms with Gasteiger partial charge in [0.05, 0.1) is 24.8 Å². The number of nitrogens with one attached hydrogen (secondary N) is 1. The molecular weight excluding hydrogens is 424 g/mol. The van der Waals surface area contributed by atoms with E-state index < -0.39 is 0 Å². The predicted octanol–water partition coefficient (Wildman–Crippen LogP) is 4.44. The fourth-order valence-corrected chi connectivity index (χ4v) is 4.07. The highest BCUT2D eigenvalue weighted by Crippen LogP contribution is 2.37. The second-order valence-electron chi connectivity index (χ2n) is 7.32. The Labute approximate surface area is 193 Å². The van der Waals surface area contributed by atoms with E-state index in [0.29, 0.717) is 36.6 Å². The second-order valence-corrected chi connectivity index (χ2v) is 7.70. The molecule has 1 aliphatic heterocycles. The summed E-state index contributed by atoms with van der Waals surface area (Å²) in [7, 11) is 1.67. The highest BCUT2D eigenvalue weighted by atomic mass is 32.1. The molecular formula is C24H26N4O3S. The Morgan fingerprint density at radius 3 is 2.56 bits per heavy atom. The van der Waals surface area contributed by atoms with Crippen molar-refractivity contribution in [2.24, 2.45) is 0 Å². The maximum Gasteiger partial charge on any atom is 0.258 e. The van der Waals surface area contributed by atoms with Crippen LogP contribution in [-0.2, 0) is 4.74 Å². The maximum absolute atomic E-state index is 5.76. The van der Waals surface area contributed by atoms with Crippen molar-refractivity contribution >= 4 is 22.9 Å². The molecule has 1 N–H and O–H groups in total. The minimum atomic E-state index is -0.198. The first-order valence-electron chi connectivity index (χ1n) is 10.5. The SMILES string of the molecule is CCOc1ccc(-c2noc(C3=C(C)N(CCOC)C(=S)NC3c3ccccc3)n2)cc1. The van der Waals surface area contributed by atoms with Gasteiger partial charge in [0.15, 0.2) is 5.11 Å². The highest BCUT2D eigenvalue weighted by molar-refractivity contribution is 7.80. The molecule has 32 heavy (non-hydrogen) atoms. The zero-order valence-electron chi connectivity index (χ0n) is 18.4. The smallest absolute Gasteiger partial charge is 0.258 e. The van der Waals surface area contributed by atoms with Crippen LogP contribution in [0, 0.1) is 0 Å². The molecule has 0 fully saturated rings. The van der Waals surface area contributed by atoms with E-state index >= 15 is 0 Å². The van der Waals surface area contributed by atoms with Gasteiger partial charge in [-0.05, 0) is 55.9 Å². The van der Waals surface area contributed by atoms with Gasteiger partial charge in [-0.2, -0.15) is 4.98 Å². The normalized spacial score (nSPS) is 16.3. The van der Waals surface area contributed by atoms with Gasteiger partial charge in [0.25, 0.3) is 5.89 Å². The lowest BCUT2D eigenvalue weighted by Crippen LogP contribution is -2.47. The molecule has 1 atom stereocenters. The van der Waals surface area contributed by atoms with Crippen molar-refractivity contribution < 1.29 is 14.0 Å². The number of aromatic nitrogens is 2. The summed E-state index contributed by atoms with van der Waals surface area (Å²) in [6.45, 7) is 5.77. The van der Waals surface area contributed by atoms with Crippen molar-refractivity contribution in [3.05, 3.63) is 71.7 Å². The van der Waals surface area contributed by atoms with E-state index in [-0.39, 0.29) is 6.04 Å². The van der Waals surface area contributed by atoms with Gasteiger partial charge in [-0.25, -0.2) is 0 Å². The quantitative estimate of drug-likeness (QED) is 0.505. The number of allylic oxidation sites excluding steroid dienone is 1. The Morgan fingerprint density at radius 2 is 1.88 bits per heavy atom. The van der Waals surface area contributed by atoms with E-state index in [2.05, 4.69) is 22.6 Å². The molecule has 7 nitrogen and oxygen atoms in total. The molecule has 0 saturated carbocycles. The van der Waals surface area contributed by atoms with Crippen molar-refractivity contribution in [2.75, 3.05) is 26.9 Å². The molecule has 2 heterocycles. The molecule has 4 rings (SSSR count). The fraction of sp³-hybridized carbons (Fsp3) is 0.292. The van der Waals surface area contributed by atoms with E-state index in [0.717, 1.165) is 28.1 Å². The summed E-state index contributed by atoms with van der Waals surface area (Å²) < 4.78 is 16.5. The molecule has 0 spiro atoms. The Kier molecular flexibility index (Phi) is 6.82. The van der Waals surface area contributed by atoms with Gasteiger partial charge in [-0.1, -0.05) is 35.5 Å². The van der Waals surface area contributed by atoms with Crippen LogP contribution < -0.4 is 10.1 Å². The standard InChI is InChI=1S/C24H26N4O3S/c1-4-30-19-12-10-18(11-13-19)22-26-23(31-27-22)20-16(2)28(14-15-29-3)24(32)25-21(20)17-8-6-5-7-9-17/h5-13,21H,4,14-15H2,1-3H3,(H,25,32). The van der Waals surface area contributed by atoms with E-state index in [1.54, 1.807) is 7.11 Å². The van der Waals surface area contributed by atoms with E-state index in [4.69, 9.17) is 31.2 Å². The summed E-state index contributed by atoms with van der Waals surface area (Å²) in [5, 5.41) is 8.32. The van der Waals surface area contributed by atoms with Crippen molar-refractivity contribution in [3.63, 3.8) is 0 Å². The number of nitrogens with zero attached hydrogens (tertiary/aromatic N) is 3. The van der Waals surface area contributed by atoms with Crippen LogP contribution in [0.1, 0.15) is 31.3 Å². The van der Waals surface area contributed by atoms with Crippen molar-refractivity contribution in [1.82, 2.24) is 20.4 Å². The van der Waals surface area contributed by atoms with Crippen molar-refractivity contribution in [2.45, 2.75) is 19.9 Å². The monoisotopic (exact) mass is 450 g/mol. The average Bonchev–Trinajstić information content (AvgIpc) is 3.29. The van der Waals surface area contributed by atoms with Crippen LogP contribution in [0.2, 0.25) is 0 Å². The lowest BCUT2D eigenvalue weighted by atomic mass is 9.95. The van der Waals surface area contributed by atoms with Crippen LogP contribution >= 0.6 is 12.2 Å². The summed E-state index contributed by atoms with van der Waals surface area (Å²) in [6, 6.07) is 17.6. The fourth-order valence-electron chi connectivity index (χ4n) is 3.72. The Hall–Kier alpha value is -3.23. The third-order valence-corrected chi connectivity index (χ3v) is 5.67. The highest BCUT2D eigenvalue weighted by Gasteiger charge is 2.33. The first-order valence-corrected chi connectivity index (χ1v) is 10.9. The zero-order valence-corrected chi connectivity index (χ0v) is 19.2. The van der Waals surface area contributed by atoms with Crippen LogP contribution in [0.5, 0.6) is 5.75 Å². The number of thiocarbonyl (C=S) groups is 1. The molecule has 166 valence electrons. The number of ether oxygens (including phenoxy) is 2. The second kappa shape index (κ2) is 9.93. The summed E-state index contributed by atoms with van der Waals surface area (Å²) in [5.74, 6) is 1.78. The number of benzene rings is 2. The van der Waals surface area contributed by atoms with Crippen LogP contribution in [0.4, 0.5) is 0 Å². The Bertz CT molecular complexity index is 1100. The molecule has 0 amide bonds. The summed E-state index contributed by atoms with van der Waals surface area (Å²) >= 11 is 5.66. The molecule has 2 aromatic carbocycles. The first-order chi connectivity index (χ1) is 15.6. The van der Waals surface area contributed by atoms with E-state index in [9.17, 15) is 0 Å². The number of rotatable bonds is 8. The maximum atomic E-state index is 5.76. The lowest BCUT2D eigenvalue weighted by Gasteiger charge is -2.37. The van der Waals surface area contributed by atoms with Gasteiger partial charge in [0.1, 0.15) is 5.75 Å². The Balaban J connectivity index is 1.73. The summed E-state index contributed by atoms with van der Waals surface area (Å²) in [6.07, 6.45) is 0. The van der Waals surface area contributed by atoms with Gasteiger partial charge < -0.3 is 24.2 Å². The minimum absolute atomic E-state index is 0.198. The Morgan fingerprint density at radius 1 is 1.12 bits per heavy atom. The minimum Gasteiger partial charge on any atom is -0.494 e. The number of hydrogen-bond acceptors (Lipinski definition) is 6. The van der Waals surface area contributed by atoms with Gasteiger partial charge in [-0.3, -0.25) is 0 Å². The molecule has 0 saturated heterocycles. The number of methoxy groups -OCH3 is 1. The van der Waals surface area contributed by atoms with Crippen LogP contribution in [-0.4, -0.2) is 47.0 Å². The third kappa shape index (κ3) is 4.51. The molecule has 1 aromatic heterocycles. The third-order valence-electron chi connectivity index (χ3n) is 5.33. The molecule has 1 aliphatic rings. The van der Waals surface area contributed by atoms with Gasteiger partial charge >= 0.3 is 0 Å². The molecule has 1 unspecified atom stereocenters. The first kappa shape index (κ1) is 22.0. The zero-order chi connectivity index (χ0) is 22.5. The number of hydrogen-bond donors (Lipinski definition) is 1. The molecule has 0 aliphatic carbocycles.